The fraction of sp³-hybridized carbons (Fsp3) is 0.167. The molecule has 1 N–H and O–H groups in total. The Balaban J connectivity index is 1.74. The lowest BCUT2D eigenvalue weighted by atomic mass is 10.2. The van der Waals surface area contributed by atoms with E-state index in [0.717, 1.165) is 0 Å². The second-order valence-electron chi connectivity index (χ2n) is 4.48. The zero-order valence-corrected chi connectivity index (χ0v) is 13.4. The first-order chi connectivity index (χ1) is 11.2. The number of carbonyl (C=O) groups excluding carboxylic acids is 1. The first-order valence-electron chi connectivity index (χ1n) is 6.96. The van der Waals surface area contributed by atoms with Crippen LogP contribution in [0, 0.1) is 11.8 Å². The lowest BCUT2D eigenvalue weighted by Gasteiger charge is -2.04. The molecular formula is C18H16ClNO3. The van der Waals surface area contributed by atoms with Gasteiger partial charge in [-0.2, -0.15) is 0 Å². The number of halogens is 1. The summed E-state index contributed by atoms with van der Waals surface area (Å²) in [6, 6.07) is 14.1. The van der Waals surface area contributed by atoms with Crippen LogP contribution >= 0.6 is 11.6 Å². The van der Waals surface area contributed by atoms with E-state index >= 15 is 0 Å². The first kappa shape index (κ1) is 16.7. The van der Waals surface area contributed by atoms with Crippen LogP contribution in [0.2, 0.25) is 5.02 Å². The van der Waals surface area contributed by atoms with Crippen molar-refractivity contribution in [1.29, 1.82) is 0 Å². The summed E-state index contributed by atoms with van der Waals surface area (Å²) in [5.41, 5.74) is 0.555. The van der Waals surface area contributed by atoms with Crippen LogP contribution < -0.4 is 14.8 Å². The molecule has 2 aromatic carbocycles. The number of hydrogen-bond acceptors (Lipinski definition) is 3. The highest BCUT2D eigenvalue weighted by atomic mass is 35.5. The van der Waals surface area contributed by atoms with E-state index in [9.17, 15) is 4.79 Å². The number of hydrogen-bond donors (Lipinski definition) is 1. The van der Waals surface area contributed by atoms with Gasteiger partial charge >= 0.3 is 0 Å². The van der Waals surface area contributed by atoms with Crippen LogP contribution in [-0.2, 0) is 0 Å². The van der Waals surface area contributed by atoms with Gasteiger partial charge in [0.1, 0.15) is 18.1 Å². The fourth-order valence-electron chi connectivity index (χ4n) is 1.76. The summed E-state index contributed by atoms with van der Waals surface area (Å²) in [4.78, 5) is 11.9. The van der Waals surface area contributed by atoms with Crippen LogP contribution in [0.25, 0.3) is 0 Å². The number of carbonyl (C=O) groups is 1. The lowest BCUT2D eigenvalue weighted by Crippen LogP contribution is -2.23. The van der Waals surface area contributed by atoms with Gasteiger partial charge in [-0.05, 0) is 36.4 Å². The third-order valence-electron chi connectivity index (χ3n) is 2.95. The van der Waals surface area contributed by atoms with Crippen molar-refractivity contribution in [2.75, 3.05) is 20.3 Å². The van der Waals surface area contributed by atoms with Crippen LogP contribution in [0.4, 0.5) is 0 Å². The van der Waals surface area contributed by atoms with Gasteiger partial charge < -0.3 is 14.8 Å². The zero-order chi connectivity index (χ0) is 16.5. The average Bonchev–Trinajstić information content (AvgIpc) is 2.59. The monoisotopic (exact) mass is 329 g/mol. The average molecular weight is 330 g/mol. The van der Waals surface area contributed by atoms with Crippen molar-refractivity contribution in [3.63, 3.8) is 0 Å². The second-order valence-corrected chi connectivity index (χ2v) is 4.89. The van der Waals surface area contributed by atoms with E-state index in [1.54, 1.807) is 43.5 Å². The highest BCUT2D eigenvalue weighted by Crippen LogP contribution is 2.22. The summed E-state index contributed by atoms with van der Waals surface area (Å²) in [6.45, 7) is 0.457. The molecule has 0 aromatic heterocycles. The zero-order valence-electron chi connectivity index (χ0n) is 12.6. The fourth-order valence-corrected chi connectivity index (χ4v) is 1.95. The molecule has 0 spiro atoms. The number of methoxy groups -OCH3 is 1. The summed E-state index contributed by atoms with van der Waals surface area (Å²) in [7, 11) is 1.58. The summed E-state index contributed by atoms with van der Waals surface area (Å²) in [5, 5.41) is 3.26. The Labute approximate surface area is 140 Å². The molecule has 1 amide bonds. The van der Waals surface area contributed by atoms with Crippen molar-refractivity contribution in [3.8, 4) is 23.3 Å². The highest BCUT2D eigenvalue weighted by molar-refractivity contribution is 6.32. The number of amides is 1. The molecule has 0 radical (unpaired) electrons. The minimum Gasteiger partial charge on any atom is -0.497 e. The van der Waals surface area contributed by atoms with Crippen LogP contribution in [-0.4, -0.2) is 26.2 Å². The van der Waals surface area contributed by atoms with Crippen molar-refractivity contribution in [3.05, 3.63) is 59.1 Å². The van der Waals surface area contributed by atoms with E-state index in [1.807, 2.05) is 12.1 Å². The minimum atomic E-state index is -0.186. The predicted molar refractivity (Wildman–Crippen MR) is 90.1 cm³/mol. The quantitative estimate of drug-likeness (QED) is 0.857. The van der Waals surface area contributed by atoms with Gasteiger partial charge in [0.2, 0.25) is 0 Å². The van der Waals surface area contributed by atoms with E-state index in [-0.39, 0.29) is 19.1 Å². The third-order valence-corrected chi connectivity index (χ3v) is 3.26. The van der Waals surface area contributed by atoms with Gasteiger partial charge in [-0.25, -0.2) is 0 Å². The van der Waals surface area contributed by atoms with Gasteiger partial charge in [-0.15, -0.1) is 0 Å². The van der Waals surface area contributed by atoms with Crippen molar-refractivity contribution in [2.45, 2.75) is 0 Å². The molecular weight excluding hydrogens is 314 g/mol. The highest BCUT2D eigenvalue weighted by Gasteiger charge is 2.03. The summed E-state index contributed by atoms with van der Waals surface area (Å²) in [6.07, 6.45) is 0. The maximum absolute atomic E-state index is 11.9. The third kappa shape index (κ3) is 5.24. The van der Waals surface area contributed by atoms with Gasteiger partial charge in [0, 0.05) is 5.56 Å². The Morgan fingerprint density at radius 2 is 1.87 bits per heavy atom. The maximum Gasteiger partial charge on any atom is 0.252 e. The number of rotatable bonds is 5. The first-order valence-corrected chi connectivity index (χ1v) is 7.34. The van der Waals surface area contributed by atoms with Crippen molar-refractivity contribution >= 4 is 17.5 Å². The molecule has 118 valence electrons. The Kier molecular flexibility index (Phi) is 6.34. The summed E-state index contributed by atoms with van der Waals surface area (Å²) < 4.78 is 10.5. The normalized spacial score (nSPS) is 9.48. The Morgan fingerprint density at radius 3 is 2.57 bits per heavy atom. The summed E-state index contributed by atoms with van der Waals surface area (Å²) in [5.74, 6) is 6.75. The molecule has 0 fully saturated rings. The molecule has 4 nitrogen and oxygen atoms in total. The van der Waals surface area contributed by atoms with E-state index in [2.05, 4.69) is 17.2 Å². The van der Waals surface area contributed by atoms with Crippen LogP contribution in [0.15, 0.2) is 48.5 Å². The van der Waals surface area contributed by atoms with Gasteiger partial charge in [0.25, 0.3) is 5.91 Å². The van der Waals surface area contributed by atoms with Crippen molar-refractivity contribution in [1.82, 2.24) is 5.32 Å². The predicted octanol–water partition coefficient (Wildman–Crippen LogP) is 3.16. The molecule has 0 heterocycles. The molecule has 5 heteroatoms. The molecule has 0 bridgehead atoms. The van der Waals surface area contributed by atoms with Gasteiger partial charge in [-0.3, -0.25) is 4.79 Å². The van der Waals surface area contributed by atoms with Gasteiger partial charge in [0.05, 0.1) is 18.7 Å². The molecule has 23 heavy (non-hydrogen) atoms. The van der Waals surface area contributed by atoms with E-state index in [1.165, 1.54) is 0 Å². The molecule has 0 unspecified atom stereocenters. The number of para-hydroxylation sites is 1. The van der Waals surface area contributed by atoms with Gasteiger partial charge in [-0.1, -0.05) is 35.6 Å². The maximum atomic E-state index is 11.9. The molecule has 0 aliphatic heterocycles. The minimum absolute atomic E-state index is 0.186. The Morgan fingerprint density at radius 1 is 1.13 bits per heavy atom. The summed E-state index contributed by atoms with van der Waals surface area (Å²) >= 11 is 5.96. The van der Waals surface area contributed by atoms with Crippen molar-refractivity contribution < 1.29 is 14.3 Å². The molecule has 0 aliphatic rings. The Bertz CT molecular complexity index is 717. The molecule has 2 aromatic rings. The standard InChI is InChI=1S/C18H16ClNO3/c1-22-15-10-8-14(9-11-15)18(21)20-12-4-5-13-23-17-7-3-2-6-16(17)19/h2-3,6-11H,12-13H2,1H3,(H,20,21). The van der Waals surface area contributed by atoms with Crippen LogP contribution in [0.1, 0.15) is 10.4 Å². The second kappa shape index (κ2) is 8.72. The van der Waals surface area contributed by atoms with Gasteiger partial charge in [0.15, 0.2) is 0 Å². The van der Waals surface area contributed by atoms with E-state index in [0.29, 0.717) is 22.1 Å². The molecule has 0 aliphatic carbocycles. The molecule has 2 rings (SSSR count). The molecule has 0 atom stereocenters. The van der Waals surface area contributed by atoms with Crippen molar-refractivity contribution in [2.24, 2.45) is 0 Å². The van der Waals surface area contributed by atoms with Crippen LogP contribution in [0.3, 0.4) is 0 Å². The van der Waals surface area contributed by atoms with E-state index in [4.69, 9.17) is 21.1 Å². The molecule has 0 saturated carbocycles. The smallest absolute Gasteiger partial charge is 0.252 e. The Hall–Kier alpha value is -2.64. The van der Waals surface area contributed by atoms with Crippen LogP contribution in [0.5, 0.6) is 11.5 Å². The number of ether oxygens (including phenoxy) is 2. The number of benzene rings is 2. The lowest BCUT2D eigenvalue weighted by molar-refractivity contribution is 0.0958. The SMILES string of the molecule is COc1ccc(C(=O)NCC#CCOc2ccccc2Cl)cc1. The number of nitrogens with one attached hydrogen (secondary N) is 1. The largest absolute Gasteiger partial charge is 0.497 e. The topological polar surface area (TPSA) is 47.6 Å². The van der Waals surface area contributed by atoms with E-state index < -0.39 is 0 Å². The molecule has 0 saturated heterocycles.